The van der Waals surface area contributed by atoms with Gasteiger partial charge < -0.3 is 0 Å². The standard InChI is InChI=1S/C102H94/c1-95(2,3)59-29-37-69-65-33-25-55(47-79(65)99(13,14)83(69)51-59)63-41-42-64(56-26-34-66-70-38-30-60(96(4,5)6)52-84(70)100(15,16)80(66)48-56)90-76-44-46-78-92-77(45-43-75(89(63)90)91(76)92)93-87(57-27-35-67-71-39-31-61(97(7,8)9)53-85(71)101(17,18)81(67)49-57)73-23-21-22-24-74(73)88(94(78)93)58-28-36-68-72-40-32-62(98(10,11)12)54-86(72)102(19,20)82(68)50-58/h21-54H,1-20H3. The molecule has 0 unspecified atom stereocenters. The predicted molar refractivity (Wildman–Crippen MR) is 437 cm³/mol. The Kier molecular flexibility index (Phi) is 12.5. The molecule has 0 aliphatic heterocycles. The van der Waals surface area contributed by atoms with E-state index in [1.807, 2.05) is 0 Å². The summed E-state index contributed by atoms with van der Waals surface area (Å²) in [7, 11) is 0. The van der Waals surface area contributed by atoms with E-state index in [0.717, 1.165) is 0 Å². The topological polar surface area (TPSA) is 0 Å². The number of fused-ring (bicyclic) bond motifs is 19. The minimum atomic E-state index is -0.210. The normalized spacial score (nSPS) is 16.0. The van der Waals surface area contributed by atoms with Crippen molar-refractivity contribution in [1.29, 1.82) is 0 Å². The molecule has 0 fully saturated rings. The van der Waals surface area contributed by atoms with Crippen molar-refractivity contribution >= 4 is 21.5 Å². The largest absolute Gasteiger partial charge is 0.0616 e. The van der Waals surface area contributed by atoms with Crippen molar-refractivity contribution in [3.8, 4) is 134 Å². The second-order valence-corrected chi connectivity index (χ2v) is 37.6. The molecule has 6 aliphatic rings. The molecule has 0 atom stereocenters. The van der Waals surface area contributed by atoms with Gasteiger partial charge in [0.1, 0.15) is 0 Å². The van der Waals surface area contributed by atoms with E-state index in [4.69, 9.17) is 0 Å². The highest BCUT2D eigenvalue weighted by atomic mass is 14.5. The van der Waals surface area contributed by atoms with Gasteiger partial charge in [0.15, 0.2) is 0 Å². The van der Waals surface area contributed by atoms with Gasteiger partial charge in [0.05, 0.1) is 0 Å². The van der Waals surface area contributed by atoms with Gasteiger partial charge in [-0.1, -0.05) is 320 Å². The lowest BCUT2D eigenvalue weighted by Gasteiger charge is -2.26. The minimum Gasteiger partial charge on any atom is -0.0616 e. The third kappa shape index (κ3) is 8.45. The molecule has 0 aromatic heterocycles. The first-order valence-corrected chi connectivity index (χ1v) is 37.7. The lowest BCUT2D eigenvalue weighted by Crippen LogP contribution is -2.17. The molecule has 0 spiro atoms. The van der Waals surface area contributed by atoms with Crippen LogP contribution in [0.15, 0.2) is 206 Å². The first kappa shape index (κ1) is 63.3. The zero-order valence-corrected chi connectivity index (χ0v) is 63.6. The Balaban J connectivity index is 0.866. The summed E-state index contributed by atoms with van der Waals surface area (Å²) in [5.74, 6) is 0. The maximum Gasteiger partial charge on any atom is 0.0159 e. The van der Waals surface area contributed by atoms with Crippen LogP contribution in [0.3, 0.4) is 0 Å². The van der Waals surface area contributed by atoms with Crippen molar-refractivity contribution < 1.29 is 0 Å². The predicted octanol–water partition coefficient (Wildman–Crippen LogP) is 28.4. The molecule has 0 amide bonds. The summed E-state index contributed by atoms with van der Waals surface area (Å²) in [5, 5.41) is 5.29. The third-order valence-electron chi connectivity index (χ3n) is 26.0. The van der Waals surface area contributed by atoms with Crippen LogP contribution in [-0.4, -0.2) is 0 Å². The fourth-order valence-electron chi connectivity index (χ4n) is 20.0. The highest BCUT2D eigenvalue weighted by Gasteiger charge is 2.44. The summed E-state index contributed by atoms with van der Waals surface area (Å²) < 4.78 is 0. The zero-order chi connectivity index (χ0) is 71.1. The molecule has 0 heterocycles. The van der Waals surface area contributed by atoms with Gasteiger partial charge >= 0.3 is 0 Å². The zero-order valence-electron chi connectivity index (χ0n) is 63.6. The summed E-state index contributed by atoms with van der Waals surface area (Å²) >= 11 is 0. The number of hydrogen-bond donors (Lipinski definition) is 0. The summed E-state index contributed by atoms with van der Waals surface area (Å²) in [6.45, 7) is 47.8. The van der Waals surface area contributed by atoms with Gasteiger partial charge in [0, 0.05) is 21.7 Å². The molecule has 502 valence electrons. The molecule has 102 heavy (non-hydrogen) atoms. The van der Waals surface area contributed by atoms with Crippen molar-refractivity contribution in [1.82, 2.24) is 0 Å². The summed E-state index contributed by atoms with van der Waals surface area (Å²) in [4.78, 5) is 0. The number of benzene rings is 13. The molecule has 0 N–H and O–H groups in total. The van der Waals surface area contributed by atoms with Crippen LogP contribution >= 0.6 is 0 Å². The highest BCUT2D eigenvalue weighted by molar-refractivity contribution is 6.33. The number of hydrogen-bond acceptors (Lipinski definition) is 0. The SMILES string of the molecule is CC(C)(C)c1ccc2c(c1)C(C)(C)c1cc(-c3ccc(-c4ccc5c(c4)C(C)(C)c4cc(C(C)(C)C)ccc4-5)c4c3-c3ccc5c6c(ccc-4c36)-c3c-5c(-c4ccc5c(c4)C(C)(C)c4cc(C(C)(C)C)ccc4-5)c4ccccc4c3-c3ccc4c(c3)C(C)(C)c3cc(C(C)(C)C)ccc3-4)ccc1-2. The van der Waals surface area contributed by atoms with Crippen molar-refractivity contribution in [3.63, 3.8) is 0 Å². The molecule has 0 saturated carbocycles. The second kappa shape index (κ2) is 20.2. The summed E-state index contributed by atoms with van der Waals surface area (Å²) in [6, 6.07) is 83.7. The van der Waals surface area contributed by atoms with Gasteiger partial charge in [-0.3, -0.25) is 0 Å². The van der Waals surface area contributed by atoms with E-state index in [-0.39, 0.29) is 43.3 Å². The van der Waals surface area contributed by atoms with E-state index >= 15 is 0 Å². The smallest absolute Gasteiger partial charge is 0.0159 e. The molecule has 0 saturated heterocycles. The molecule has 0 radical (unpaired) electrons. The van der Waals surface area contributed by atoms with E-state index < -0.39 is 0 Å². The molecule has 0 nitrogen and oxygen atoms in total. The molecule has 13 aromatic rings. The lowest BCUT2D eigenvalue weighted by molar-refractivity contribution is 0.584. The molecule has 13 aromatic carbocycles. The van der Waals surface area contributed by atoms with Crippen LogP contribution in [0.2, 0.25) is 0 Å². The monoisotopic (exact) mass is 1320 g/mol. The molecular formula is C102H94. The Hall–Kier alpha value is -9.62. The van der Waals surface area contributed by atoms with Crippen LogP contribution in [-0.2, 0) is 43.3 Å². The van der Waals surface area contributed by atoms with E-state index in [0.29, 0.717) is 0 Å². The maximum atomic E-state index is 2.60. The Bertz CT molecular complexity index is 5640. The highest BCUT2D eigenvalue weighted by Crippen LogP contribution is 2.66. The average Bonchev–Trinajstić information content (AvgIpc) is 1.51. The van der Waals surface area contributed by atoms with Crippen LogP contribution in [0, 0.1) is 0 Å². The van der Waals surface area contributed by atoms with Crippen LogP contribution in [0.25, 0.3) is 155 Å². The van der Waals surface area contributed by atoms with Crippen LogP contribution in [0.4, 0.5) is 0 Å². The first-order chi connectivity index (χ1) is 48.1. The first-order valence-electron chi connectivity index (χ1n) is 37.7. The Morgan fingerprint density at radius 2 is 0.392 bits per heavy atom. The van der Waals surface area contributed by atoms with Crippen molar-refractivity contribution in [2.75, 3.05) is 0 Å². The average molecular weight is 1320 g/mol. The Morgan fingerprint density at radius 3 is 0.657 bits per heavy atom. The Morgan fingerprint density at radius 1 is 0.186 bits per heavy atom. The van der Waals surface area contributed by atoms with E-state index in [2.05, 4.69) is 345 Å². The Labute approximate surface area is 606 Å². The molecule has 0 heteroatoms. The van der Waals surface area contributed by atoms with Gasteiger partial charge in [-0.05, 0) is 268 Å². The second-order valence-electron chi connectivity index (χ2n) is 37.6. The van der Waals surface area contributed by atoms with Crippen LogP contribution < -0.4 is 0 Å². The maximum absolute atomic E-state index is 2.60. The molecule has 0 bridgehead atoms. The van der Waals surface area contributed by atoms with Crippen LogP contribution in [0.5, 0.6) is 0 Å². The van der Waals surface area contributed by atoms with Gasteiger partial charge in [-0.25, -0.2) is 0 Å². The molecule has 19 rings (SSSR count). The fourth-order valence-corrected chi connectivity index (χ4v) is 20.0. The lowest BCUT2D eigenvalue weighted by atomic mass is 9.77. The third-order valence-corrected chi connectivity index (χ3v) is 26.0. The van der Waals surface area contributed by atoms with E-state index in [1.54, 1.807) is 0 Å². The van der Waals surface area contributed by atoms with E-state index in [9.17, 15) is 0 Å². The van der Waals surface area contributed by atoms with E-state index in [1.165, 1.54) is 222 Å². The van der Waals surface area contributed by atoms with Gasteiger partial charge in [0.2, 0.25) is 0 Å². The quantitative estimate of drug-likeness (QED) is 0.165. The fraction of sp³-hybridized carbons (Fsp3) is 0.275. The number of rotatable bonds is 4. The van der Waals surface area contributed by atoms with Gasteiger partial charge in [0.25, 0.3) is 0 Å². The molecular weight excluding hydrogens is 1230 g/mol. The summed E-state index contributed by atoms with van der Waals surface area (Å²) in [6.07, 6.45) is 0. The van der Waals surface area contributed by atoms with Gasteiger partial charge in [-0.15, -0.1) is 0 Å². The van der Waals surface area contributed by atoms with Gasteiger partial charge in [-0.2, -0.15) is 0 Å². The van der Waals surface area contributed by atoms with Crippen molar-refractivity contribution in [2.24, 2.45) is 0 Å². The van der Waals surface area contributed by atoms with Crippen molar-refractivity contribution in [2.45, 2.75) is 182 Å². The van der Waals surface area contributed by atoms with Crippen molar-refractivity contribution in [3.05, 3.63) is 273 Å². The molecule has 6 aliphatic carbocycles. The summed E-state index contributed by atoms with van der Waals surface area (Å²) in [5.41, 5.74) is 47.9. The van der Waals surface area contributed by atoms with Crippen LogP contribution in [0.1, 0.15) is 205 Å². The minimum absolute atomic E-state index is 0.0361.